The van der Waals surface area contributed by atoms with Crippen molar-refractivity contribution >= 4 is 0 Å². The van der Waals surface area contributed by atoms with Gasteiger partial charge in [0.2, 0.25) is 0 Å². The highest BCUT2D eigenvalue weighted by atomic mass is 16.3. The Labute approximate surface area is 209 Å². The van der Waals surface area contributed by atoms with Crippen molar-refractivity contribution in [3.63, 3.8) is 0 Å². The number of hydrogen-bond acceptors (Lipinski definition) is 7. The summed E-state index contributed by atoms with van der Waals surface area (Å²) >= 11 is 0. The highest BCUT2D eigenvalue weighted by Crippen LogP contribution is 2.69. The molecule has 0 aromatic heterocycles. The third-order valence-electron chi connectivity index (χ3n) is 11.4. The summed E-state index contributed by atoms with van der Waals surface area (Å²) in [6.45, 7) is 10.3. The van der Waals surface area contributed by atoms with Crippen LogP contribution in [0.4, 0.5) is 0 Å². The van der Waals surface area contributed by atoms with Crippen molar-refractivity contribution < 1.29 is 35.7 Å². The van der Waals surface area contributed by atoms with E-state index in [-0.39, 0.29) is 42.6 Å². The fraction of sp³-hybridized carbons (Fsp3) is 0.929. The van der Waals surface area contributed by atoms with E-state index in [0.29, 0.717) is 19.3 Å². The maximum Gasteiger partial charge on any atom is 0.0863 e. The summed E-state index contributed by atoms with van der Waals surface area (Å²) in [5.41, 5.74) is -2.48. The first-order valence-corrected chi connectivity index (χ1v) is 13.7. The van der Waals surface area contributed by atoms with E-state index in [9.17, 15) is 35.7 Å². The summed E-state index contributed by atoms with van der Waals surface area (Å²) in [6.07, 6.45) is 1.53. The quantitative estimate of drug-likeness (QED) is 0.286. The minimum absolute atomic E-state index is 0.0216. The molecule has 0 radical (unpaired) electrons. The normalized spacial score (nSPS) is 54.6. The van der Waals surface area contributed by atoms with E-state index >= 15 is 0 Å². The Morgan fingerprint density at radius 2 is 1.46 bits per heavy atom. The summed E-state index contributed by atoms with van der Waals surface area (Å²) in [6, 6.07) is 0. The lowest BCUT2D eigenvalue weighted by Crippen LogP contribution is -2.71. The highest BCUT2D eigenvalue weighted by molar-refractivity contribution is 5.23. The van der Waals surface area contributed by atoms with Crippen LogP contribution in [0.15, 0.2) is 12.2 Å². The van der Waals surface area contributed by atoms with Gasteiger partial charge >= 0.3 is 0 Å². The monoisotopic (exact) mass is 496 g/mol. The zero-order valence-electron chi connectivity index (χ0n) is 22.0. The Hall–Kier alpha value is -0.540. The average molecular weight is 497 g/mol. The molecule has 0 heterocycles. The topological polar surface area (TPSA) is 142 Å². The number of hydrogen-bond donors (Lipinski definition) is 7. The molecule has 4 aliphatic rings. The van der Waals surface area contributed by atoms with Crippen LogP contribution in [0.2, 0.25) is 0 Å². The molecule has 15 atom stereocenters. The zero-order valence-corrected chi connectivity index (χ0v) is 22.0. The molecule has 202 valence electrons. The van der Waals surface area contributed by atoms with Crippen molar-refractivity contribution in [2.45, 2.75) is 103 Å². The van der Waals surface area contributed by atoms with Gasteiger partial charge in [-0.3, -0.25) is 0 Å². The van der Waals surface area contributed by atoms with E-state index in [4.69, 9.17) is 0 Å². The smallest absolute Gasteiger partial charge is 0.0863 e. The number of rotatable bonds is 5. The minimum Gasteiger partial charge on any atom is -0.396 e. The van der Waals surface area contributed by atoms with E-state index in [2.05, 4.69) is 26.0 Å². The molecular formula is C28H48O7. The van der Waals surface area contributed by atoms with Gasteiger partial charge in [-0.05, 0) is 66.1 Å². The van der Waals surface area contributed by atoms with E-state index in [1.807, 2.05) is 20.8 Å². The summed E-state index contributed by atoms with van der Waals surface area (Å²) in [4.78, 5) is 0. The van der Waals surface area contributed by atoms with Crippen LogP contribution in [-0.2, 0) is 0 Å². The molecule has 0 aromatic rings. The lowest BCUT2D eigenvalue weighted by atomic mass is 9.41. The maximum atomic E-state index is 12.3. The molecule has 4 aliphatic carbocycles. The number of allylic oxidation sites excluding steroid dienone is 2. The fourth-order valence-corrected chi connectivity index (χ4v) is 9.38. The lowest BCUT2D eigenvalue weighted by Gasteiger charge is -2.66. The molecule has 7 nitrogen and oxygen atoms in total. The van der Waals surface area contributed by atoms with E-state index < -0.39 is 58.8 Å². The Morgan fingerprint density at radius 1 is 0.829 bits per heavy atom. The predicted octanol–water partition coefficient (Wildman–Crippen LogP) is 1.46. The largest absolute Gasteiger partial charge is 0.396 e. The Kier molecular flexibility index (Phi) is 7.33. The van der Waals surface area contributed by atoms with Crippen LogP contribution in [0.25, 0.3) is 0 Å². The second kappa shape index (κ2) is 9.33. The van der Waals surface area contributed by atoms with Gasteiger partial charge in [-0.2, -0.15) is 0 Å². The molecule has 7 heteroatoms. The first-order chi connectivity index (χ1) is 16.2. The molecule has 4 fully saturated rings. The number of fused-ring (bicyclic) bond motifs is 5. The van der Waals surface area contributed by atoms with E-state index in [1.54, 1.807) is 0 Å². The van der Waals surface area contributed by atoms with Gasteiger partial charge in [-0.25, -0.2) is 0 Å². The summed E-state index contributed by atoms with van der Waals surface area (Å²) in [5, 5.41) is 76.8. The minimum atomic E-state index is -1.38. The van der Waals surface area contributed by atoms with Gasteiger partial charge in [0, 0.05) is 24.9 Å². The van der Waals surface area contributed by atoms with Crippen LogP contribution in [0.3, 0.4) is 0 Å². The van der Waals surface area contributed by atoms with Crippen molar-refractivity contribution in [2.75, 3.05) is 6.61 Å². The van der Waals surface area contributed by atoms with Gasteiger partial charge in [0.25, 0.3) is 0 Å². The van der Waals surface area contributed by atoms with Crippen molar-refractivity contribution in [1.29, 1.82) is 0 Å². The standard InChI is InChI=1S/C28H48O7/c1-14(16(3)13-29)6-7-15(2)20-23(33)24(34)25-27(20,5)11-9-19-26(4)10-8-17(30)22(32)21(26)18(31)12-28(19,25)35/h6-7,14-25,29-35H,8-13H2,1-5H3/b7-6+/t14?,15-,16?,17+,18+,19-,20+,21+,22+,23-,24+,25-,26-,27-,28+/m1/s1. The molecule has 0 saturated heterocycles. The number of aliphatic hydroxyl groups excluding tert-OH is 6. The highest BCUT2D eigenvalue weighted by Gasteiger charge is 2.73. The molecule has 0 spiro atoms. The van der Waals surface area contributed by atoms with Crippen molar-refractivity contribution in [2.24, 2.45) is 52.3 Å². The van der Waals surface area contributed by atoms with Crippen LogP contribution in [0, 0.1) is 52.3 Å². The zero-order chi connectivity index (χ0) is 26.1. The van der Waals surface area contributed by atoms with Crippen molar-refractivity contribution in [3.8, 4) is 0 Å². The van der Waals surface area contributed by atoms with Crippen LogP contribution >= 0.6 is 0 Å². The Balaban J connectivity index is 1.67. The summed E-state index contributed by atoms with van der Waals surface area (Å²) in [7, 11) is 0. The molecule has 0 aliphatic heterocycles. The van der Waals surface area contributed by atoms with Gasteiger partial charge in [-0.15, -0.1) is 0 Å². The number of aliphatic hydroxyl groups is 7. The van der Waals surface area contributed by atoms with Crippen LogP contribution in [0.5, 0.6) is 0 Å². The third-order valence-corrected chi connectivity index (χ3v) is 11.4. The van der Waals surface area contributed by atoms with Gasteiger partial charge < -0.3 is 35.7 Å². The van der Waals surface area contributed by atoms with E-state index in [1.165, 1.54) is 0 Å². The molecule has 0 aromatic carbocycles. The molecule has 35 heavy (non-hydrogen) atoms. The molecule has 7 N–H and O–H groups in total. The Morgan fingerprint density at radius 3 is 2.09 bits per heavy atom. The maximum absolute atomic E-state index is 12.3. The second-order valence-corrected chi connectivity index (χ2v) is 13.2. The molecule has 4 saturated carbocycles. The van der Waals surface area contributed by atoms with Gasteiger partial charge in [0.1, 0.15) is 0 Å². The molecule has 2 unspecified atom stereocenters. The van der Waals surface area contributed by atoms with Crippen molar-refractivity contribution in [1.82, 2.24) is 0 Å². The van der Waals surface area contributed by atoms with Crippen LogP contribution in [-0.4, -0.2) is 78.5 Å². The fourth-order valence-electron chi connectivity index (χ4n) is 9.38. The summed E-state index contributed by atoms with van der Waals surface area (Å²) < 4.78 is 0. The average Bonchev–Trinajstić information content (AvgIpc) is 2.99. The second-order valence-electron chi connectivity index (χ2n) is 13.2. The lowest BCUT2D eigenvalue weighted by molar-refractivity contribution is -0.280. The summed E-state index contributed by atoms with van der Waals surface area (Å²) in [5.74, 6) is -1.40. The van der Waals surface area contributed by atoms with E-state index in [0.717, 1.165) is 6.42 Å². The molecular weight excluding hydrogens is 448 g/mol. The SMILES string of the molecule is CC(/C=C/[C@@H](C)[C@H]1[C@@H](O)[C@H](O)[C@@H]2[C@]1(C)CC[C@@H]1[C@@]3(C)CC[C@H](O)[C@H](O)[C@@H]3[C@@H](O)C[C@]12O)C(C)CO. The van der Waals surface area contributed by atoms with Crippen LogP contribution in [0.1, 0.15) is 66.7 Å². The van der Waals surface area contributed by atoms with Gasteiger partial charge in [0.05, 0.1) is 36.1 Å². The van der Waals surface area contributed by atoms with Gasteiger partial charge in [0.15, 0.2) is 0 Å². The first kappa shape index (κ1) is 27.5. The predicted molar refractivity (Wildman–Crippen MR) is 132 cm³/mol. The Bertz CT molecular complexity index is 804. The third kappa shape index (κ3) is 3.96. The molecule has 4 rings (SSSR count). The van der Waals surface area contributed by atoms with Crippen LogP contribution < -0.4 is 0 Å². The first-order valence-electron chi connectivity index (χ1n) is 13.7. The molecule has 0 amide bonds. The van der Waals surface area contributed by atoms with Crippen molar-refractivity contribution in [3.05, 3.63) is 12.2 Å². The molecule has 0 bridgehead atoms. The van der Waals surface area contributed by atoms with Gasteiger partial charge in [-0.1, -0.05) is 46.8 Å².